The van der Waals surface area contributed by atoms with E-state index in [0.29, 0.717) is 5.78 Å². The van der Waals surface area contributed by atoms with Gasteiger partial charge in [-0.2, -0.15) is 0 Å². The van der Waals surface area contributed by atoms with E-state index in [1.165, 1.54) is 44.1 Å². The number of aryl methyl sites for hydroxylation is 1. The number of benzene rings is 2. The van der Waals surface area contributed by atoms with Crippen molar-refractivity contribution >= 4 is 11.6 Å². The van der Waals surface area contributed by atoms with Crippen LogP contribution in [0.25, 0.3) is 0 Å². The molecule has 1 fully saturated rings. The molecule has 0 radical (unpaired) electrons. The van der Waals surface area contributed by atoms with Gasteiger partial charge in [-0.15, -0.1) is 0 Å². The summed E-state index contributed by atoms with van der Waals surface area (Å²) in [5.41, 5.74) is 4.16. The fourth-order valence-corrected chi connectivity index (χ4v) is 5.59. The van der Waals surface area contributed by atoms with Crippen molar-refractivity contribution in [3.05, 3.63) is 70.8 Å². The third-order valence-corrected chi connectivity index (χ3v) is 7.43. The maximum Gasteiger partial charge on any atom is 0.166 e. The van der Waals surface area contributed by atoms with Gasteiger partial charge in [0, 0.05) is 18.5 Å². The number of carbonyl (C=O) groups excluding carboxylic acids is 2. The van der Waals surface area contributed by atoms with E-state index < -0.39 is 0 Å². The third-order valence-electron chi connectivity index (χ3n) is 7.43. The first-order valence-corrected chi connectivity index (χ1v) is 11.8. The van der Waals surface area contributed by atoms with Crippen molar-refractivity contribution in [1.82, 2.24) is 0 Å². The number of carbonyl (C=O) groups is 2. The normalized spacial score (nSPS) is 24.2. The van der Waals surface area contributed by atoms with E-state index in [0.717, 1.165) is 54.2 Å². The quantitative estimate of drug-likeness (QED) is 0.371. The third kappa shape index (κ3) is 4.91. The van der Waals surface area contributed by atoms with Crippen LogP contribution >= 0.6 is 0 Å². The molecule has 2 aromatic carbocycles. The highest BCUT2D eigenvalue weighted by molar-refractivity contribution is 6.02. The predicted octanol–water partition coefficient (Wildman–Crippen LogP) is 7.41. The Kier molecular flexibility index (Phi) is 6.82. The fourth-order valence-electron chi connectivity index (χ4n) is 5.59. The van der Waals surface area contributed by atoms with Crippen LogP contribution in [0.2, 0.25) is 0 Å². The Labute approximate surface area is 182 Å². The van der Waals surface area contributed by atoms with Gasteiger partial charge in [0.1, 0.15) is 0 Å². The van der Waals surface area contributed by atoms with Crippen LogP contribution < -0.4 is 0 Å². The molecule has 2 aliphatic rings. The highest BCUT2D eigenvalue weighted by Gasteiger charge is 2.28. The van der Waals surface area contributed by atoms with Crippen molar-refractivity contribution in [2.24, 2.45) is 11.8 Å². The molecule has 0 aromatic heterocycles. The molecular weight excluding hydrogens is 368 g/mol. The zero-order valence-electron chi connectivity index (χ0n) is 18.2. The van der Waals surface area contributed by atoms with Gasteiger partial charge in [-0.1, -0.05) is 68.1 Å². The number of hydrogen-bond donors (Lipinski definition) is 0. The van der Waals surface area contributed by atoms with Crippen LogP contribution in [0.1, 0.15) is 104 Å². The lowest BCUT2D eigenvalue weighted by Crippen LogP contribution is -2.23. The zero-order chi connectivity index (χ0) is 20.9. The molecule has 2 heteroatoms. The second kappa shape index (κ2) is 9.73. The lowest BCUT2D eigenvalue weighted by molar-refractivity contribution is 0.0890. The van der Waals surface area contributed by atoms with Gasteiger partial charge in [-0.25, -0.2) is 0 Å². The van der Waals surface area contributed by atoms with Crippen molar-refractivity contribution in [3.63, 3.8) is 0 Å². The summed E-state index contributed by atoms with van der Waals surface area (Å²) >= 11 is 0. The van der Waals surface area contributed by atoms with E-state index in [9.17, 15) is 9.59 Å². The van der Waals surface area contributed by atoms with E-state index in [-0.39, 0.29) is 13.1 Å². The molecule has 1 saturated carbocycles. The number of ketones is 2. The molecule has 2 nitrogen and oxygen atoms in total. The summed E-state index contributed by atoms with van der Waals surface area (Å²) in [6, 6.07) is 16.6. The van der Waals surface area contributed by atoms with E-state index in [2.05, 4.69) is 30.3 Å². The van der Waals surface area contributed by atoms with Crippen molar-refractivity contribution in [2.75, 3.05) is 0 Å². The van der Waals surface area contributed by atoms with Gasteiger partial charge in [0.05, 0.1) is 0 Å². The fraction of sp³-hybridized carbons (Fsp3) is 0.500. The number of fused-ring (bicyclic) bond motifs is 1. The highest BCUT2D eigenvalue weighted by atomic mass is 16.1. The molecule has 0 amide bonds. The van der Waals surface area contributed by atoms with E-state index >= 15 is 0 Å². The Hall–Kier alpha value is -2.22. The second-order valence-corrected chi connectivity index (χ2v) is 9.44. The maximum absolute atomic E-state index is 12.9. The van der Waals surface area contributed by atoms with Crippen molar-refractivity contribution in [1.29, 1.82) is 0 Å². The molecule has 3 unspecified atom stereocenters. The lowest BCUT2D eigenvalue weighted by atomic mass is 9.79. The van der Waals surface area contributed by atoms with Gasteiger partial charge in [0.15, 0.2) is 11.6 Å². The lowest BCUT2D eigenvalue weighted by Gasteiger charge is -2.24. The number of rotatable bonds is 6. The van der Waals surface area contributed by atoms with Gasteiger partial charge in [-0.3, -0.25) is 9.59 Å². The predicted molar refractivity (Wildman–Crippen MR) is 124 cm³/mol. The van der Waals surface area contributed by atoms with Crippen molar-refractivity contribution in [3.8, 4) is 0 Å². The number of hydrogen-bond acceptors (Lipinski definition) is 2. The molecule has 2 aliphatic carbocycles. The second-order valence-electron chi connectivity index (χ2n) is 9.44. The van der Waals surface area contributed by atoms with E-state index in [1.54, 1.807) is 6.92 Å². The minimum Gasteiger partial charge on any atom is -0.295 e. The highest BCUT2D eigenvalue weighted by Crippen LogP contribution is 2.37. The van der Waals surface area contributed by atoms with E-state index in [1.807, 2.05) is 18.2 Å². The van der Waals surface area contributed by atoms with Crippen LogP contribution in [0, 0.1) is 11.8 Å². The van der Waals surface area contributed by atoms with Gasteiger partial charge < -0.3 is 0 Å². The van der Waals surface area contributed by atoms with Gasteiger partial charge >= 0.3 is 0 Å². The molecule has 0 heterocycles. The SMILES string of the molecule is CC(=O)c1ccc2c(c1)CCC(CCCC1CCCC(c3ccccc3)CC1)C2=O.[HH]. The topological polar surface area (TPSA) is 34.1 Å². The Morgan fingerprint density at radius 2 is 1.80 bits per heavy atom. The molecule has 0 N–H and O–H groups in total. The first-order chi connectivity index (χ1) is 14.6. The first kappa shape index (κ1) is 21.0. The average molecular weight is 405 g/mol. The summed E-state index contributed by atoms with van der Waals surface area (Å²) in [6.07, 6.45) is 11.9. The molecule has 0 spiro atoms. The molecule has 2 aromatic rings. The van der Waals surface area contributed by atoms with Crippen LogP contribution in [0.15, 0.2) is 48.5 Å². The van der Waals surface area contributed by atoms with Gasteiger partial charge in [0.2, 0.25) is 0 Å². The summed E-state index contributed by atoms with van der Waals surface area (Å²) in [7, 11) is 0. The van der Waals surface area contributed by atoms with E-state index in [4.69, 9.17) is 0 Å². The summed E-state index contributed by atoms with van der Waals surface area (Å²) in [5, 5.41) is 0. The maximum atomic E-state index is 12.9. The zero-order valence-corrected chi connectivity index (χ0v) is 18.2. The first-order valence-electron chi connectivity index (χ1n) is 11.8. The molecule has 0 saturated heterocycles. The Morgan fingerprint density at radius 1 is 0.967 bits per heavy atom. The molecular formula is C28H36O2. The molecule has 0 bridgehead atoms. The summed E-state index contributed by atoms with van der Waals surface area (Å²) in [4.78, 5) is 24.6. The van der Waals surface area contributed by atoms with Crippen LogP contribution in [-0.4, -0.2) is 11.6 Å². The van der Waals surface area contributed by atoms with Crippen LogP contribution in [0.3, 0.4) is 0 Å². The van der Waals surface area contributed by atoms with Crippen LogP contribution in [0.4, 0.5) is 0 Å². The molecule has 0 aliphatic heterocycles. The minimum atomic E-state index is 0. The molecule has 3 atom stereocenters. The molecule has 30 heavy (non-hydrogen) atoms. The van der Waals surface area contributed by atoms with Crippen LogP contribution in [-0.2, 0) is 6.42 Å². The Bertz CT molecular complexity index is 889. The summed E-state index contributed by atoms with van der Waals surface area (Å²) in [6.45, 7) is 1.59. The number of Topliss-reactive ketones (excluding diaryl/α,β-unsaturated/α-hetero) is 2. The van der Waals surface area contributed by atoms with Crippen molar-refractivity contribution < 1.29 is 11.0 Å². The van der Waals surface area contributed by atoms with Crippen LogP contribution in [0.5, 0.6) is 0 Å². The average Bonchev–Trinajstić information content (AvgIpc) is 3.01. The standard InChI is InChI=1S/C28H34O2.H2/c1-20(29)25-17-18-27-26(19-25)16-15-24(28(27)30)12-6-8-21-7-5-11-23(14-13-21)22-9-3-2-4-10-22;/h2-4,9-10,17-19,21,23-24H,5-8,11-16H2,1H3;1H. The monoisotopic (exact) mass is 404 g/mol. The summed E-state index contributed by atoms with van der Waals surface area (Å²) in [5.74, 6) is 2.10. The summed E-state index contributed by atoms with van der Waals surface area (Å²) < 4.78 is 0. The Balaban J connectivity index is 0.00000272. The minimum absolute atomic E-state index is 0. The smallest absolute Gasteiger partial charge is 0.166 e. The van der Waals surface area contributed by atoms with Crippen molar-refractivity contribution in [2.45, 2.75) is 77.0 Å². The largest absolute Gasteiger partial charge is 0.295 e. The van der Waals surface area contributed by atoms with Gasteiger partial charge in [-0.05, 0) is 74.5 Å². The molecule has 160 valence electrons. The van der Waals surface area contributed by atoms with Gasteiger partial charge in [0.25, 0.3) is 0 Å². The molecule has 4 rings (SSSR count). The Morgan fingerprint density at radius 3 is 2.60 bits per heavy atom.